The Labute approximate surface area is 118 Å². The van der Waals surface area contributed by atoms with Crippen molar-refractivity contribution >= 4 is 11.7 Å². The van der Waals surface area contributed by atoms with Crippen molar-refractivity contribution in [2.24, 2.45) is 0 Å². The Hall–Kier alpha value is -1.82. The lowest BCUT2D eigenvalue weighted by atomic mass is 10.2. The molecule has 1 aromatic rings. The highest BCUT2D eigenvalue weighted by Gasteiger charge is 2.25. The summed E-state index contributed by atoms with van der Waals surface area (Å²) in [5.41, 5.74) is 6.34. The summed E-state index contributed by atoms with van der Waals surface area (Å²) in [7, 11) is 2.07. The predicted octanol–water partition coefficient (Wildman–Crippen LogP) is 1.31. The van der Waals surface area contributed by atoms with Crippen molar-refractivity contribution in [3.05, 3.63) is 17.8 Å². The molecule has 0 aliphatic heterocycles. The third kappa shape index (κ3) is 3.84. The van der Waals surface area contributed by atoms with E-state index in [0.29, 0.717) is 24.9 Å². The highest BCUT2D eigenvalue weighted by atomic mass is 16.5. The molecule has 2 N–H and O–H groups in total. The smallest absolute Gasteiger partial charge is 0.343 e. The molecule has 1 aliphatic carbocycles. The van der Waals surface area contributed by atoms with Crippen molar-refractivity contribution in [1.82, 2.24) is 9.88 Å². The Morgan fingerprint density at radius 3 is 2.95 bits per heavy atom. The van der Waals surface area contributed by atoms with Gasteiger partial charge in [-0.05, 0) is 32.9 Å². The quantitative estimate of drug-likeness (QED) is 0.758. The summed E-state index contributed by atoms with van der Waals surface area (Å²) < 4.78 is 10.6. The van der Waals surface area contributed by atoms with Gasteiger partial charge in [0.1, 0.15) is 12.2 Å². The lowest BCUT2D eigenvalue weighted by molar-refractivity contribution is 0.0520. The molecule has 1 saturated carbocycles. The highest BCUT2D eigenvalue weighted by molar-refractivity contribution is 5.92. The number of nitrogens with two attached hydrogens (primary N) is 1. The van der Waals surface area contributed by atoms with Crippen LogP contribution in [0.2, 0.25) is 0 Å². The summed E-state index contributed by atoms with van der Waals surface area (Å²) in [4.78, 5) is 18.1. The highest BCUT2D eigenvalue weighted by Crippen LogP contribution is 2.25. The molecule has 0 spiro atoms. The second kappa shape index (κ2) is 6.56. The summed E-state index contributed by atoms with van der Waals surface area (Å²) in [5, 5.41) is 0. The van der Waals surface area contributed by atoms with E-state index in [0.717, 1.165) is 6.54 Å². The summed E-state index contributed by atoms with van der Waals surface area (Å²) in [5.74, 6) is -0.181. The van der Waals surface area contributed by atoms with Crippen molar-refractivity contribution in [2.75, 3.05) is 32.5 Å². The van der Waals surface area contributed by atoms with Crippen LogP contribution in [-0.4, -0.2) is 48.7 Å². The minimum Gasteiger partial charge on any atom is -0.476 e. The number of rotatable bonds is 7. The van der Waals surface area contributed by atoms with E-state index in [4.69, 9.17) is 15.2 Å². The number of nitrogens with zero attached hydrogens (tertiary/aromatic N) is 2. The van der Waals surface area contributed by atoms with Gasteiger partial charge in [0.25, 0.3) is 0 Å². The van der Waals surface area contributed by atoms with Gasteiger partial charge in [0, 0.05) is 12.6 Å². The summed E-state index contributed by atoms with van der Waals surface area (Å²) in [6.45, 7) is 3.34. The van der Waals surface area contributed by atoms with E-state index in [1.54, 1.807) is 6.92 Å². The lowest BCUT2D eigenvalue weighted by Gasteiger charge is -2.16. The molecular formula is C14H21N3O3. The van der Waals surface area contributed by atoms with Gasteiger partial charge in [-0.25, -0.2) is 9.78 Å². The first kappa shape index (κ1) is 14.6. The van der Waals surface area contributed by atoms with Gasteiger partial charge >= 0.3 is 5.97 Å². The van der Waals surface area contributed by atoms with Crippen LogP contribution in [0.1, 0.15) is 30.1 Å². The number of carbonyl (C=O) groups excluding carboxylic acids is 1. The summed E-state index contributed by atoms with van der Waals surface area (Å²) >= 11 is 0. The van der Waals surface area contributed by atoms with Gasteiger partial charge in [0.15, 0.2) is 0 Å². The van der Waals surface area contributed by atoms with Crippen molar-refractivity contribution in [1.29, 1.82) is 0 Å². The first-order chi connectivity index (χ1) is 9.61. The van der Waals surface area contributed by atoms with Crippen LogP contribution in [0.4, 0.5) is 5.69 Å². The molecule has 0 radical (unpaired) electrons. The predicted molar refractivity (Wildman–Crippen MR) is 75.8 cm³/mol. The number of likely N-dealkylation sites (N-methyl/N-ethyl adjacent to an activating group) is 1. The SMILES string of the molecule is CCOC(=O)c1cc(N)cnc1OCCN(C)C1CC1. The van der Waals surface area contributed by atoms with Crippen molar-refractivity contribution in [2.45, 2.75) is 25.8 Å². The molecular weight excluding hydrogens is 258 g/mol. The zero-order valence-corrected chi connectivity index (χ0v) is 12.0. The number of carbonyl (C=O) groups is 1. The zero-order chi connectivity index (χ0) is 14.5. The Bertz CT molecular complexity index is 475. The van der Waals surface area contributed by atoms with Gasteiger partial charge in [-0.1, -0.05) is 0 Å². The van der Waals surface area contributed by atoms with E-state index < -0.39 is 5.97 Å². The Morgan fingerprint density at radius 2 is 2.30 bits per heavy atom. The maximum absolute atomic E-state index is 11.8. The zero-order valence-electron chi connectivity index (χ0n) is 12.0. The Kier molecular flexibility index (Phi) is 4.79. The van der Waals surface area contributed by atoms with E-state index in [1.807, 2.05) is 0 Å². The van der Waals surface area contributed by atoms with E-state index >= 15 is 0 Å². The van der Waals surface area contributed by atoms with Crippen LogP contribution in [-0.2, 0) is 4.74 Å². The number of hydrogen-bond acceptors (Lipinski definition) is 6. The van der Waals surface area contributed by atoms with Crippen molar-refractivity contribution < 1.29 is 14.3 Å². The second-order valence-electron chi connectivity index (χ2n) is 4.90. The average molecular weight is 279 g/mol. The first-order valence-corrected chi connectivity index (χ1v) is 6.87. The molecule has 6 nitrogen and oxygen atoms in total. The van der Waals surface area contributed by atoms with Gasteiger partial charge < -0.3 is 20.1 Å². The molecule has 0 unspecified atom stereocenters. The largest absolute Gasteiger partial charge is 0.476 e. The molecule has 0 atom stereocenters. The minimum atomic E-state index is -0.460. The first-order valence-electron chi connectivity index (χ1n) is 6.87. The fourth-order valence-corrected chi connectivity index (χ4v) is 1.92. The van der Waals surface area contributed by atoms with E-state index in [2.05, 4.69) is 16.9 Å². The molecule has 0 amide bonds. The molecule has 0 aromatic carbocycles. The van der Waals surface area contributed by atoms with Crippen LogP contribution in [0.15, 0.2) is 12.3 Å². The average Bonchev–Trinajstić information content (AvgIpc) is 3.25. The van der Waals surface area contributed by atoms with Gasteiger partial charge in [-0.3, -0.25) is 0 Å². The Morgan fingerprint density at radius 1 is 1.55 bits per heavy atom. The van der Waals surface area contributed by atoms with Crippen molar-refractivity contribution in [3.8, 4) is 5.88 Å². The molecule has 0 saturated heterocycles. The maximum atomic E-state index is 11.8. The van der Waals surface area contributed by atoms with Gasteiger partial charge in [0.2, 0.25) is 5.88 Å². The lowest BCUT2D eigenvalue weighted by Crippen LogP contribution is -2.26. The van der Waals surface area contributed by atoms with Crippen LogP contribution in [0, 0.1) is 0 Å². The number of ether oxygens (including phenoxy) is 2. The molecule has 6 heteroatoms. The number of hydrogen-bond donors (Lipinski definition) is 1. The molecule has 0 bridgehead atoms. The molecule has 2 rings (SSSR count). The normalized spacial score (nSPS) is 14.3. The number of aromatic nitrogens is 1. The van der Waals surface area contributed by atoms with Crippen LogP contribution < -0.4 is 10.5 Å². The standard InChI is InChI=1S/C14H21N3O3/c1-3-19-14(18)12-8-10(15)9-16-13(12)20-7-6-17(2)11-4-5-11/h8-9,11H,3-7,15H2,1-2H3. The van der Waals surface area contributed by atoms with Crippen LogP contribution >= 0.6 is 0 Å². The molecule has 20 heavy (non-hydrogen) atoms. The van der Waals surface area contributed by atoms with Gasteiger partial charge in [-0.15, -0.1) is 0 Å². The molecule has 110 valence electrons. The fourth-order valence-electron chi connectivity index (χ4n) is 1.92. The number of nitrogen functional groups attached to an aromatic ring is 1. The maximum Gasteiger partial charge on any atom is 0.343 e. The Balaban J connectivity index is 1.96. The third-order valence-electron chi connectivity index (χ3n) is 3.22. The molecule has 1 aromatic heterocycles. The second-order valence-corrected chi connectivity index (χ2v) is 4.90. The number of pyridine rings is 1. The van der Waals surface area contributed by atoms with Crippen LogP contribution in [0.25, 0.3) is 0 Å². The van der Waals surface area contributed by atoms with Crippen LogP contribution in [0.3, 0.4) is 0 Å². The van der Waals surface area contributed by atoms with Gasteiger partial charge in [0.05, 0.1) is 18.5 Å². The third-order valence-corrected chi connectivity index (χ3v) is 3.22. The van der Waals surface area contributed by atoms with Crippen molar-refractivity contribution in [3.63, 3.8) is 0 Å². The molecule has 1 heterocycles. The fraction of sp³-hybridized carbons (Fsp3) is 0.571. The molecule has 1 fully saturated rings. The number of anilines is 1. The monoisotopic (exact) mass is 279 g/mol. The van der Waals surface area contributed by atoms with E-state index in [1.165, 1.54) is 25.1 Å². The van der Waals surface area contributed by atoms with E-state index in [-0.39, 0.29) is 11.4 Å². The number of esters is 1. The topological polar surface area (TPSA) is 77.7 Å². The minimum absolute atomic E-state index is 0.279. The van der Waals surface area contributed by atoms with Gasteiger partial charge in [-0.2, -0.15) is 0 Å². The van der Waals surface area contributed by atoms with Crippen LogP contribution in [0.5, 0.6) is 5.88 Å². The van der Waals surface area contributed by atoms with E-state index in [9.17, 15) is 4.79 Å². The molecule has 1 aliphatic rings. The summed E-state index contributed by atoms with van der Waals surface area (Å²) in [6.07, 6.45) is 3.98. The summed E-state index contributed by atoms with van der Waals surface area (Å²) in [6, 6.07) is 2.22.